The standard InChI is InChI=1S/C16H23NO2/c18-15(14-6-2-5-10-17-14)13-7-11-19-16(12-13)8-3-1-4-9-16/h2,5-6,10,13,15,18H,1,3-4,7-9,11-12H2. The molecule has 2 unspecified atom stereocenters. The Morgan fingerprint density at radius 2 is 2.11 bits per heavy atom. The van der Waals surface area contributed by atoms with Gasteiger partial charge in [0.25, 0.3) is 0 Å². The van der Waals surface area contributed by atoms with Gasteiger partial charge in [-0.15, -0.1) is 0 Å². The molecule has 0 amide bonds. The van der Waals surface area contributed by atoms with Crippen LogP contribution in [0.4, 0.5) is 0 Å². The zero-order valence-electron chi connectivity index (χ0n) is 11.4. The third-order valence-corrected chi connectivity index (χ3v) is 4.73. The second-order valence-corrected chi connectivity index (χ2v) is 6.04. The molecular weight excluding hydrogens is 238 g/mol. The molecule has 19 heavy (non-hydrogen) atoms. The molecule has 0 radical (unpaired) electrons. The molecule has 1 aromatic rings. The number of aliphatic hydroxyl groups excluding tert-OH is 1. The number of nitrogens with zero attached hydrogens (tertiary/aromatic N) is 1. The summed E-state index contributed by atoms with van der Waals surface area (Å²) in [6.45, 7) is 0.786. The molecule has 0 aromatic carbocycles. The van der Waals surface area contributed by atoms with Crippen LogP contribution in [0.1, 0.15) is 56.7 Å². The van der Waals surface area contributed by atoms with Crippen LogP contribution in [0.5, 0.6) is 0 Å². The fourth-order valence-electron chi connectivity index (χ4n) is 3.67. The Labute approximate surface area is 115 Å². The summed E-state index contributed by atoms with van der Waals surface area (Å²) >= 11 is 0. The van der Waals surface area contributed by atoms with Crippen LogP contribution in [-0.2, 0) is 4.74 Å². The lowest BCUT2D eigenvalue weighted by atomic mass is 9.74. The molecule has 1 spiro atoms. The lowest BCUT2D eigenvalue weighted by Gasteiger charge is -2.44. The SMILES string of the molecule is OC(c1ccccn1)C1CCOC2(CCCCC2)C1. The molecule has 1 aliphatic carbocycles. The van der Waals surface area contributed by atoms with Crippen molar-refractivity contribution < 1.29 is 9.84 Å². The normalized spacial score (nSPS) is 28.2. The van der Waals surface area contributed by atoms with Gasteiger partial charge in [-0.1, -0.05) is 25.3 Å². The van der Waals surface area contributed by atoms with E-state index in [2.05, 4.69) is 4.98 Å². The first-order valence-corrected chi connectivity index (χ1v) is 7.52. The minimum atomic E-state index is -0.441. The second kappa shape index (κ2) is 5.59. The predicted molar refractivity (Wildman–Crippen MR) is 73.7 cm³/mol. The Balaban J connectivity index is 1.71. The van der Waals surface area contributed by atoms with E-state index in [1.165, 1.54) is 32.1 Å². The van der Waals surface area contributed by atoms with Crippen LogP contribution in [0, 0.1) is 5.92 Å². The molecule has 3 nitrogen and oxygen atoms in total. The van der Waals surface area contributed by atoms with Crippen LogP contribution in [0.15, 0.2) is 24.4 Å². The fraction of sp³-hybridized carbons (Fsp3) is 0.688. The summed E-state index contributed by atoms with van der Waals surface area (Å²) < 4.78 is 6.09. The van der Waals surface area contributed by atoms with Crippen molar-refractivity contribution in [1.82, 2.24) is 4.98 Å². The van der Waals surface area contributed by atoms with E-state index in [1.807, 2.05) is 18.2 Å². The van der Waals surface area contributed by atoms with Gasteiger partial charge in [-0.05, 0) is 43.7 Å². The molecule has 2 atom stereocenters. The fourth-order valence-corrected chi connectivity index (χ4v) is 3.67. The molecule has 3 rings (SSSR count). The van der Waals surface area contributed by atoms with E-state index < -0.39 is 6.10 Å². The van der Waals surface area contributed by atoms with Crippen molar-refractivity contribution >= 4 is 0 Å². The summed E-state index contributed by atoms with van der Waals surface area (Å²) in [7, 11) is 0. The van der Waals surface area contributed by atoms with E-state index in [-0.39, 0.29) is 5.60 Å². The third kappa shape index (κ3) is 2.82. The molecule has 1 N–H and O–H groups in total. The van der Waals surface area contributed by atoms with Gasteiger partial charge in [0, 0.05) is 12.8 Å². The quantitative estimate of drug-likeness (QED) is 0.888. The largest absolute Gasteiger partial charge is 0.387 e. The van der Waals surface area contributed by atoms with Gasteiger partial charge in [0.2, 0.25) is 0 Å². The maximum atomic E-state index is 10.5. The highest BCUT2D eigenvalue weighted by atomic mass is 16.5. The Hall–Kier alpha value is -0.930. The van der Waals surface area contributed by atoms with Gasteiger partial charge < -0.3 is 9.84 Å². The zero-order chi connectivity index (χ0) is 13.1. The molecule has 2 heterocycles. The van der Waals surface area contributed by atoms with Gasteiger partial charge in [0.1, 0.15) is 0 Å². The van der Waals surface area contributed by atoms with Crippen molar-refractivity contribution in [2.75, 3.05) is 6.61 Å². The summed E-state index contributed by atoms with van der Waals surface area (Å²) in [5.41, 5.74) is 0.858. The minimum Gasteiger partial charge on any atom is -0.387 e. The second-order valence-electron chi connectivity index (χ2n) is 6.04. The summed E-state index contributed by atoms with van der Waals surface area (Å²) in [4.78, 5) is 4.30. The summed E-state index contributed by atoms with van der Waals surface area (Å²) in [6.07, 6.45) is 9.45. The number of rotatable bonds is 2. The monoisotopic (exact) mass is 261 g/mol. The van der Waals surface area contributed by atoms with Crippen LogP contribution in [0.2, 0.25) is 0 Å². The van der Waals surface area contributed by atoms with Gasteiger partial charge in [0.15, 0.2) is 0 Å². The number of hydrogen-bond acceptors (Lipinski definition) is 3. The highest BCUT2D eigenvalue weighted by molar-refractivity contribution is 5.08. The first-order valence-electron chi connectivity index (χ1n) is 7.52. The summed E-state index contributed by atoms with van der Waals surface area (Å²) in [5.74, 6) is 0.293. The van der Waals surface area contributed by atoms with Gasteiger partial charge in [0.05, 0.1) is 17.4 Å². The Morgan fingerprint density at radius 3 is 2.84 bits per heavy atom. The number of aliphatic hydroxyl groups is 1. The molecule has 104 valence electrons. The van der Waals surface area contributed by atoms with Gasteiger partial charge in [-0.2, -0.15) is 0 Å². The highest BCUT2D eigenvalue weighted by Crippen LogP contribution is 2.43. The molecule has 3 heteroatoms. The van der Waals surface area contributed by atoms with Crippen molar-refractivity contribution in [2.24, 2.45) is 5.92 Å². The topological polar surface area (TPSA) is 42.4 Å². The zero-order valence-corrected chi connectivity index (χ0v) is 11.4. The molecule has 0 bridgehead atoms. The average molecular weight is 261 g/mol. The van der Waals surface area contributed by atoms with E-state index in [1.54, 1.807) is 6.20 Å². The molecule has 1 aromatic heterocycles. The maximum Gasteiger partial charge on any atom is 0.0989 e. The Morgan fingerprint density at radius 1 is 1.26 bits per heavy atom. The molecule has 2 fully saturated rings. The molecule has 1 aliphatic heterocycles. The third-order valence-electron chi connectivity index (χ3n) is 4.73. The van der Waals surface area contributed by atoms with Crippen molar-refractivity contribution in [3.63, 3.8) is 0 Å². The molecular formula is C16H23NO2. The van der Waals surface area contributed by atoms with Gasteiger partial charge >= 0.3 is 0 Å². The highest BCUT2D eigenvalue weighted by Gasteiger charge is 2.40. The number of ether oxygens (including phenoxy) is 1. The van der Waals surface area contributed by atoms with Gasteiger partial charge in [-0.25, -0.2) is 0 Å². The number of pyridine rings is 1. The van der Waals surface area contributed by atoms with Crippen LogP contribution in [0.3, 0.4) is 0 Å². The summed E-state index contributed by atoms with van der Waals surface area (Å²) in [5, 5.41) is 10.5. The van der Waals surface area contributed by atoms with Crippen molar-refractivity contribution in [1.29, 1.82) is 0 Å². The van der Waals surface area contributed by atoms with Crippen LogP contribution in [-0.4, -0.2) is 22.3 Å². The molecule has 1 saturated carbocycles. The van der Waals surface area contributed by atoms with E-state index in [0.29, 0.717) is 5.92 Å². The van der Waals surface area contributed by atoms with E-state index >= 15 is 0 Å². The first kappa shape index (κ1) is 13.1. The lowest BCUT2D eigenvalue weighted by Crippen LogP contribution is -2.42. The van der Waals surface area contributed by atoms with Crippen LogP contribution < -0.4 is 0 Å². The van der Waals surface area contributed by atoms with E-state index in [0.717, 1.165) is 25.1 Å². The maximum absolute atomic E-state index is 10.5. The van der Waals surface area contributed by atoms with Crippen LogP contribution >= 0.6 is 0 Å². The molecule has 1 saturated heterocycles. The summed E-state index contributed by atoms with van der Waals surface area (Å²) in [6, 6.07) is 5.76. The minimum absolute atomic E-state index is 0.0525. The lowest BCUT2D eigenvalue weighted by molar-refractivity contribution is -0.134. The predicted octanol–water partition coefficient (Wildman–Crippen LogP) is 3.24. The van der Waals surface area contributed by atoms with Gasteiger partial charge in [-0.3, -0.25) is 4.98 Å². The first-order chi connectivity index (χ1) is 9.29. The smallest absolute Gasteiger partial charge is 0.0989 e. The number of hydrogen-bond donors (Lipinski definition) is 1. The van der Waals surface area contributed by atoms with Crippen molar-refractivity contribution in [3.05, 3.63) is 30.1 Å². The van der Waals surface area contributed by atoms with Crippen molar-refractivity contribution in [2.45, 2.75) is 56.7 Å². The van der Waals surface area contributed by atoms with Crippen molar-refractivity contribution in [3.8, 4) is 0 Å². The van der Waals surface area contributed by atoms with Crippen LogP contribution in [0.25, 0.3) is 0 Å². The molecule has 2 aliphatic rings. The van der Waals surface area contributed by atoms with E-state index in [4.69, 9.17) is 4.74 Å². The Kier molecular flexibility index (Phi) is 3.85. The number of aromatic nitrogens is 1. The Bertz CT molecular complexity index is 395. The average Bonchev–Trinajstić information content (AvgIpc) is 2.48. The van der Waals surface area contributed by atoms with E-state index in [9.17, 15) is 5.11 Å².